The number of amides is 2. The number of hydrogen-bond donors (Lipinski definition) is 1. The van der Waals surface area contributed by atoms with Crippen molar-refractivity contribution >= 4 is 43.4 Å². The molecule has 1 saturated heterocycles. The second kappa shape index (κ2) is 11.5. The quantitative estimate of drug-likeness (QED) is 0.507. The summed E-state index contributed by atoms with van der Waals surface area (Å²) >= 11 is 0.687. The van der Waals surface area contributed by atoms with E-state index >= 15 is 0 Å². The number of carbonyl (C=O) groups excluding carboxylic acids is 2. The Morgan fingerprint density at radius 2 is 1.65 bits per heavy atom. The number of nitrogens with zero attached hydrogens (tertiary/aromatic N) is 2. The van der Waals surface area contributed by atoms with Gasteiger partial charge in [0.2, 0.25) is 31.7 Å². The highest BCUT2D eigenvalue weighted by molar-refractivity contribution is 8.24. The van der Waals surface area contributed by atoms with Crippen LogP contribution in [0.25, 0.3) is 0 Å². The van der Waals surface area contributed by atoms with Gasteiger partial charge in [0, 0.05) is 33.1 Å². The van der Waals surface area contributed by atoms with Gasteiger partial charge < -0.3 is 10.2 Å². The molecule has 2 heterocycles. The predicted molar refractivity (Wildman–Crippen MR) is 143 cm³/mol. The molecule has 2 aromatic rings. The van der Waals surface area contributed by atoms with E-state index in [-0.39, 0.29) is 47.6 Å². The zero-order valence-electron chi connectivity index (χ0n) is 21.2. The van der Waals surface area contributed by atoms with Crippen LogP contribution in [-0.2, 0) is 42.2 Å². The van der Waals surface area contributed by atoms with E-state index in [1.807, 2.05) is 0 Å². The molecule has 0 spiro atoms. The van der Waals surface area contributed by atoms with Gasteiger partial charge in [-0.05, 0) is 36.2 Å². The van der Waals surface area contributed by atoms with E-state index in [1.54, 1.807) is 18.2 Å². The molecule has 0 aliphatic carbocycles. The normalized spacial score (nSPS) is 20.7. The Morgan fingerprint density at radius 3 is 2.25 bits per heavy atom. The zero-order chi connectivity index (χ0) is 29.3. The predicted octanol–water partition coefficient (Wildman–Crippen LogP) is 2.96. The lowest BCUT2D eigenvalue weighted by atomic mass is 10.1. The van der Waals surface area contributed by atoms with E-state index < -0.39 is 48.1 Å². The van der Waals surface area contributed by atoms with Crippen molar-refractivity contribution in [3.05, 3.63) is 76.0 Å². The first-order valence-corrected chi connectivity index (χ1v) is 15.9. The fraction of sp³-hybridized carbons (Fsp3) is 0.360. The Morgan fingerprint density at radius 1 is 1.00 bits per heavy atom. The number of benzene rings is 2. The van der Waals surface area contributed by atoms with Crippen molar-refractivity contribution < 1.29 is 39.6 Å². The van der Waals surface area contributed by atoms with Crippen molar-refractivity contribution in [2.24, 2.45) is 0 Å². The van der Waals surface area contributed by atoms with Crippen molar-refractivity contribution in [2.75, 3.05) is 19.6 Å². The molecule has 4 rings (SSSR count). The summed E-state index contributed by atoms with van der Waals surface area (Å²) < 4.78 is 91.6. The summed E-state index contributed by atoms with van der Waals surface area (Å²) in [6, 6.07) is 10.5. The summed E-state index contributed by atoms with van der Waals surface area (Å²) in [6.07, 6.45) is -3.26. The highest BCUT2D eigenvalue weighted by atomic mass is 32.3. The smallest absolute Gasteiger partial charge is 0.351 e. The summed E-state index contributed by atoms with van der Waals surface area (Å²) in [5.41, 5.74) is -0.484. The van der Waals surface area contributed by atoms with Crippen LogP contribution in [0.5, 0.6) is 0 Å². The number of carbonyl (C=O) groups is 2. The third-order valence-electron chi connectivity index (χ3n) is 6.53. The number of halogens is 3. The van der Waals surface area contributed by atoms with Crippen LogP contribution >= 0.6 is 11.8 Å². The van der Waals surface area contributed by atoms with Gasteiger partial charge in [0.05, 0.1) is 10.5 Å². The Kier molecular flexibility index (Phi) is 8.68. The average molecular weight is 618 g/mol. The lowest BCUT2D eigenvalue weighted by Crippen LogP contribution is -2.62. The number of alkyl halides is 3. The van der Waals surface area contributed by atoms with Gasteiger partial charge in [-0.25, -0.2) is 16.8 Å². The molecular formula is C25H26F3N3O6S3. The van der Waals surface area contributed by atoms with Crippen LogP contribution in [0.15, 0.2) is 69.8 Å². The molecule has 2 atom stereocenters. The van der Waals surface area contributed by atoms with Crippen LogP contribution in [-0.4, -0.2) is 68.1 Å². The van der Waals surface area contributed by atoms with Gasteiger partial charge in [0.25, 0.3) is 0 Å². The second-order valence-corrected chi connectivity index (χ2v) is 15.0. The molecule has 2 amide bonds. The van der Waals surface area contributed by atoms with Crippen molar-refractivity contribution in [1.82, 2.24) is 14.5 Å². The summed E-state index contributed by atoms with van der Waals surface area (Å²) in [7, 11) is -8.16. The minimum atomic E-state index is -4.51. The van der Waals surface area contributed by atoms with Gasteiger partial charge in [0.15, 0.2) is 0 Å². The topological polar surface area (TPSA) is 121 Å². The second-order valence-electron chi connectivity index (χ2n) is 9.17. The molecule has 1 N–H and O–H groups in total. The molecule has 0 aromatic heterocycles. The summed E-state index contributed by atoms with van der Waals surface area (Å²) in [5, 5.41) is 2.55. The average Bonchev–Trinajstić information content (AvgIpc) is 3.44. The van der Waals surface area contributed by atoms with E-state index in [0.717, 1.165) is 16.4 Å². The minimum absolute atomic E-state index is 0.0300. The van der Waals surface area contributed by atoms with Crippen LogP contribution < -0.4 is 5.32 Å². The van der Waals surface area contributed by atoms with Gasteiger partial charge >= 0.3 is 6.18 Å². The summed E-state index contributed by atoms with van der Waals surface area (Å²) in [5.74, 6) is -1.09. The first-order valence-electron chi connectivity index (χ1n) is 12.1. The largest absolute Gasteiger partial charge is 0.416 e. The number of piperazine rings is 1. The van der Waals surface area contributed by atoms with Gasteiger partial charge in [-0.1, -0.05) is 48.2 Å². The first kappa shape index (κ1) is 30.1. The Hall–Kier alpha value is -2.88. The van der Waals surface area contributed by atoms with Crippen LogP contribution in [0, 0.1) is 0 Å². The Balaban J connectivity index is 1.50. The number of sulfonamides is 1. The van der Waals surface area contributed by atoms with Gasteiger partial charge in [-0.15, -0.1) is 0 Å². The molecule has 9 nitrogen and oxygen atoms in total. The van der Waals surface area contributed by atoms with Crippen LogP contribution in [0.4, 0.5) is 13.2 Å². The van der Waals surface area contributed by atoms with Crippen molar-refractivity contribution in [3.63, 3.8) is 0 Å². The van der Waals surface area contributed by atoms with Gasteiger partial charge in [0.1, 0.15) is 14.9 Å². The fourth-order valence-corrected chi connectivity index (χ4v) is 9.99. The number of allylic oxidation sites excluding steroid dienone is 1. The van der Waals surface area contributed by atoms with E-state index in [4.69, 9.17) is 0 Å². The lowest BCUT2D eigenvalue weighted by molar-refractivity contribution is -0.138. The molecule has 40 heavy (non-hydrogen) atoms. The standard InChI is InChI=1S/C25H26F3N3O6S3/c1-17(32)30-13-14-31(21(16-30)24(33)29-15-18-7-9-19(10-8-18)25(26,27)28)40(36,37)23-12-11-22(38-23)39(34,35)20-5-3-2-4-6-20/h2-11,21,23H,12-16H2,1H3,(H,29,33). The van der Waals surface area contributed by atoms with Crippen LogP contribution in [0.1, 0.15) is 24.5 Å². The molecular weight excluding hydrogens is 591 g/mol. The molecule has 2 aliphatic heterocycles. The zero-order valence-corrected chi connectivity index (χ0v) is 23.6. The van der Waals surface area contributed by atoms with Gasteiger partial charge in [-0.2, -0.15) is 17.5 Å². The Labute approximate surface area is 234 Å². The van der Waals surface area contributed by atoms with Crippen molar-refractivity contribution in [1.29, 1.82) is 0 Å². The summed E-state index contributed by atoms with van der Waals surface area (Å²) in [6.45, 7) is 0.752. The highest BCUT2D eigenvalue weighted by Gasteiger charge is 2.46. The molecule has 0 bridgehead atoms. The Bertz CT molecular complexity index is 1510. The molecule has 0 saturated carbocycles. The first-order chi connectivity index (χ1) is 18.7. The van der Waals surface area contributed by atoms with Gasteiger partial charge in [-0.3, -0.25) is 9.59 Å². The van der Waals surface area contributed by atoms with Crippen molar-refractivity contribution in [3.8, 4) is 0 Å². The van der Waals surface area contributed by atoms with E-state index in [0.29, 0.717) is 17.3 Å². The third-order valence-corrected chi connectivity index (χ3v) is 12.9. The molecule has 1 fully saturated rings. The van der Waals surface area contributed by atoms with E-state index in [1.165, 1.54) is 42.2 Å². The number of rotatable bonds is 7. The highest BCUT2D eigenvalue weighted by Crippen LogP contribution is 2.42. The molecule has 2 unspecified atom stereocenters. The number of nitrogens with one attached hydrogen (secondary N) is 1. The van der Waals surface area contributed by atoms with Crippen LogP contribution in [0.2, 0.25) is 0 Å². The third kappa shape index (κ3) is 6.37. The lowest BCUT2D eigenvalue weighted by Gasteiger charge is -2.40. The number of hydrogen-bond acceptors (Lipinski definition) is 7. The fourth-order valence-electron chi connectivity index (χ4n) is 4.33. The maximum absolute atomic E-state index is 13.7. The maximum atomic E-state index is 13.7. The molecule has 2 aromatic carbocycles. The molecule has 0 radical (unpaired) electrons. The summed E-state index contributed by atoms with van der Waals surface area (Å²) in [4.78, 5) is 26.6. The number of thioether (sulfide) groups is 1. The maximum Gasteiger partial charge on any atom is 0.416 e. The minimum Gasteiger partial charge on any atom is -0.351 e. The van der Waals surface area contributed by atoms with Crippen molar-refractivity contribution in [2.45, 2.75) is 41.6 Å². The SMILES string of the molecule is CC(=O)N1CCN(S(=O)(=O)C2CC=C(S(=O)(=O)c3ccccc3)S2)C(C(=O)NCc2ccc(C(F)(F)F)cc2)C1. The van der Waals surface area contributed by atoms with E-state index in [9.17, 15) is 39.6 Å². The molecule has 15 heteroatoms. The van der Waals surface area contributed by atoms with E-state index in [2.05, 4.69) is 5.32 Å². The molecule has 216 valence electrons. The number of sulfone groups is 1. The van der Waals surface area contributed by atoms with Crippen LogP contribution in [0.3, 0.4) is 0 Å². The molecule has 2 aliphatic rings. The monoisotopic (exact) mass is 617 g/mol.